The molecule has 0 aromatic carbocycles. The molecule has 72 valence electrons. The molecule has 0 aliphatic rings. The fourth-order valence-corrected chi connectivity index (χ4v) is 1.57. The monoisotopic (exact) mass is 238 g/mol. The number of halogens is 1. The van der Waals surface area contributed by atoms with Crippen LogP contribution in [0.2, 0.25) is 0 Å². The molecule has 0 aromatic heterocycles. The van der Waals surface area contributed by atoms with Crippen LogP contribution in [-0.4, -0.2) is 26.1 Å². The highest BCUT2D eigenvalue weighted by atomic mass is 79.9. The molecular weight excluding hydrogens is 224 g/mol. The molecule has 0 saturated heterocycles. The molecule has 0 unspecified atom stereocenters. The van der Waals surface area contributed by atoms with E-state index in [2.05, 4.69) is 15.9 Å². The number of rotatable bonds is 4. The van der Waals surface area contributed by atoms with Crippen molar-refractivity contribution in [3.63, 3.8) is 0 Å². The Labute approximate surface area is 80.9 Å². The van der Waals surface area contributed by atoms with Gasteiger partial charge in [0, 0.05) is 6.42 Å². The number of ketones is 1. The lowest BCUT2D eigenvalue weighted by molar-refractivity contribution is -0.152. The van der Waals surface area contributed by atoms with Crippen molar-refractivity contribution in [1.29, 1.82) is 0 Å². The van der Waals surface area contributed by atoms with Crippen molar-refractivity contribution < 1.29 is 15.0 Å². The molecule has 0 heterocycles. The minimum atomic E-state index is -1.68. The quantitative estimate of drug-likeness (QED) is 0.725. The number of carbonyl (C=O) groups is 1. The third kappa shape index (κ3) is 2.06. The van der Waals surface area contributed by atoms with Gasteiger partial charge in [-0.3, -0.25) is 4.79 Å². The van der Waals surface area contributed by atoms with E-state index < -0.39 is 10.1 Å². The third-order valence-electron chi connectivity index (χ3n) is 2.05. The van der Waals surface area contributed by atoms with E-state index in [9.17, 15) is 15.0 Å². The van der Waals surface area contributed by atoms with Crippen molar-refractivity contribution in [2.75, 3.05) is 0 Å². The zero-order chi connectivity index (χ0) is 9.99. The van der Waals surface area contributed by atoms with Gasteiger partial charge in [0.2, 0.25) is 0 Å². The lowest BCUT2D eigenvalue weighted by atomic mass is 9.88. The Morgan fingerprint density at radius 2 is 1.83 bits per heavy atom. The molecular formula is C8H15BrO3. The number of hydrogen-bond acceptors (Lipinski definition) is 3. The number of hydrogen-bond donors (Lipinski definition) is 2. The summed E-state index contributed by atoms with van der Waals surface area (Å²) in [6, 6.07) is 0. The van der Waals surface area contributed by atoms with Crippen LogP contribution >= 0.6 is 15.9 Å². The Kier molecular flexibility index (Phi) is 3.87. The predicted molar refractivity (Wildman–Crippen MR) is 50.1 cm³/mol. The molecule has 0 spiro atoms. The fraction of sp³-hybridized carbons (Fsp3) is 0.875. The average Bonchev–Trinajstić information content (AvgIpc) is 1.99. The van der Waals surface area contributed by atoms with E-state index in [1.54, 1.807) is 13.8 Å². The molecule has 0 aromatic rings. The SMILES string of the molecule is CCC(=O)[C@@](O)(CC)[C@@](C)(O)Br. The lowest BCUT2D eigenvalue weighted by Gasteiger charge is -2.34. The van der Waals surface area contributed by atoms with Gasteiger partial charge in [0.1, 0.15) is 0 Å². The molecule has 2 atom stereocenters. The summed E-state index contributed by atoms with van der Waals surface area (Å²) in [5.74, 6) is -0.355. The molecule has 3 nitrogen and oxygen atoms in total. The van der Waals surface area contributed by atoms with Gasteiger partial charge < -0.3 is 10.2 Å². The molecule has 0 fully saturated rings. The van der Waals surface area contributed by atoms with Crippen molar-refractivity contribution >= 4 is 21.7 Å². The third-order valence-corrected chi connectivity index (χ3v) is 2.70. The topological polar surface area (TPSA) is 57.5 Å². The minimum absolute atomic E-state index is 0.192. The van der Waals surface area contributed by atoms with Crippen LogP contribution in [0.5, 0.6) is 0 Å². The van der Waals surface area contributed by atoms with Gasteiger partial charge in [0.05, 0.1) is 0 Å². The Hall–Kier alpha value is 0.0700. The maximum Gasteiger partial charge on any atom is 0.167 e. The lowest BCUT2D eigenvalue weighted by Crippen LogP contribution is -2.53. The Balaban J connectivity index is 4.80. The molecule has 0 bridgehead atoms. The molecule has 0 radical (unpaired) electrons. The summed E-state index contributed by atoms with van der Waals surface area (Å²) >= 11 is 2.89. The predicted octanol–water partition coefficient (Wildman–Crippen LogP) is 1.21. The first-order chi connectivity index (χ1) is 5.29. The van der Waals surface area contributed by atoms with Crippen LogP contribution in [0.4, 0.5) is 0 Å². The van der Waals surface area contributed by atoms with Gasteiger partial charge in [0.15, 0.2) is 15.9 Å². The fourth-order valence-electron chi connectivity index (χ4n) is 1.07. The van der Waals surface area contributed by atoms with E-state index in [4.69, 9.17) is 0 Å². The van der Waals surface area contributed by atoms with E-state index in [1.165, 1.54) is 6.92 Å². The van der Waals surface area contributed by atoms with E-state index in [-0.39, 0.29) is 18.6 Å². The summed E-state index contributed by atoms with van der Waals surface area (Å²) in [4.78, 5) is 11.3. The number of aliphatic hydroxyl groups is 2. The maximum absolute atomic E-state index is 11.3. The standard InChI is InChI=1S/C8H15BrO3/c1-4-6(10)8(12,5-2)7(3,9)11/h11-12H,4-5H2,1-3H3/t7-,8+/m1/s1. The number of carbonyl (C=O) groups excluding carboxylic acids is 1. The molecule has 0 saturated carbocycles. The van der Waals surface area contributed by atoms with Crippen LogP contribution < -0.4 is 0 Å². The van der Waals surface area contributed by atoms with E-state index in [0.717, 1.165) is 0 Å². The summed E-state index contributed by atoms with van der Waals surface area (Å²) in [5.41, 5.74) is -1.68. The molecule has 4 heteroatoms. The van der Waals surface area contributed by atoms with E-state index in [0.29, 0.717) is 0 Å². The van der Waals surface area contributed by atoms with Gasteiger partial charge in [-0.25, -0.2) is 0 Å². The van der Waals surface area contributed by atoms with Crippen LogP contribution in [0.3, 0.4) is 0 Å². The van der Waals surface area contributed by atoms with Crippen LogP contribution in [0.1, 0.15) is 33.6 Å². The Morgan fingerprint density at radius 3 is 1.92 bits per heavy atom. The van der Waals surface area contributed by atoms with E-state index >= 15 is 0 Å². The second-order valence-electron chi connectivity index (χ2n) is 2.94. The highest BCUT2D eigenvalue weighted by Crippen LogP contribution is 2.32. The van der Waals surface area contributed by atoms with E-state index in [1.807, 2.05) is 0 Å². The Bertz CT molecular complexity index is 174. The summed E-state index contributed by atoms with van der Waals surface area (Å²) in [5, 5.41) is 19.3. The molecule has 0 aliphatic carbocycles. The second kappa shape index (κ2) is 3.85. The first-order valence-corrected chi connectivity index (χ1v) is 4.75. The molecule has 0 aliphatic heterocycles. The summed E-state index contributed by atoms with van der Waals surface area (Å²) in [7, 11) is 0. The highest BCUT2D eigenvalue weighted by Gasteiger charge is 2.47. The van der Waals surface area contributed by atoms with Crippen molar-refractivity contribution in [3.05, 3.63) is 0 Å². The first-order valence-electron chi connectivity index (χ1n) is 3.96. The second-order valence-corrected chi connectivity index (χ2v) is 4.49. The van der Waals surface area contributed by atoms with Gasteiger partial charge >= 0.3 is 0 Å². The first kappa shape index (κ1) is 12.1. The van der Waals surface area contributed by atoms with Gasteiger partial charge in [-0.1, -0.05) is 29.8 Å². The van der Waals surface area contributed by atoms with Gasteiger partial charge in [0.25, 0.3) is 0 Å². The Morgan fingerprint density at radius 1 is 1.42 bits per heavy atom. The van der Waals surface area contributed by atoms with Crippen molar-refractivity contribution in [2.24, 2.45) is 0 Å². The van der Waals surface area contributed by atoms with Crippen LogP contribution in [0.15, 0.2) is 0 Å². The van der Waals surface area contributed by atoms with Crippen LogP contribution in [0.25, 0.3) is 0 Å². The van der Waals surface area contributed by atoms with Gasteiger partial charge in [-0.05, 0) is 13.3 Å². The normalized spacial score (nSPS) is 21.2. The van der Waals surface area contributed by atoms with Gasteiger partial charge in [-0.15, -0.1) is 0 Å². The highest BCUT2D eigenvalue weighted by molar-refractivity contribution is 9.10. The van der Waals surface area contributed by atoms with Crippen LogP contribution in [-0.2, 0) is 4.79 Å². The smallest absolute Gasteiger partial charge is 0.167 e. The number of alkyl halides is 1. The summed E-state index contributed by atoms with van der Waals surface area (Å²) in [6.07, 6.45) is 0.407. The molecule has 0 amide bonds. The maximum atomic E-state index is 11.3. The number of Topliss-reactive ketones (excluding diaryl/α,β-unsaturated/α-hetero) is 1. The molecule has 12 heavy (non-hydrogen) atoms. The largest absolute Gasteiger partial charge is 0.378 e. The zero-order valence-corrected chi connectivity index (χ0v) is 9.18. The summed E-state index contributed by atoms with van der Waals surface area (Å²) in [6.45, 7) is 4.68. The van der Waals surface area contributed by atoms with Crippen molar-refractivity contribution in [3.8, 4) is 0 Å². The van der Waals surface area contributed by atoms with Crippen LogP contribution in [0, 0.1) is 0 Å². The minimum Gasteiger partial charge on any atom is -0.378 e. The molecule has 2 N–H and O–H groups in total. The molecule has 0 rings (SSSR count). The van der Waals surface area contributed by atoms with Crippen molar-refractivity contribution in [1.82, 2.24) is 0 Å². The summed E-state index contributed by atoms with van der Waals surface area (Å²) < 4.78 is -1.55. The average molecular weight is 239 g/mol. The van der Waals surface area contributed by atoms with Gasteiger partial charge in [-0.2, -0.15) is 0 Å². The zero-order valence-electron chi connectivity index (χ0n) is 7.59. The van der Waals surface area contributed by atoms with Crippen molar-refractivity contribution in [2.45, 2.75) is 43.7 Å².